The highest BCUT2D eigenvalue weighted by atomic mass is 19.3. The van der Waals surface area contributed by atoms with E-state index in [1.54, 1.807) is 6.07 Å². The molecule has 0 bridgehead atoms. The lowest BCUT2D eigenvalue weighted by Gasteiger charge is -2.21. The highest BCUT2D eigenvalue weighted by Crippen LogP contribution is 2.32. The van der Waals surface area contributed by atoms with Gasteiger partial charge in [-0.25, -0.2) is 0 Å². The van der Waals surface area contributed by atoms with Gasteiger partial charge in [-0.05, 0) is 42.8 Å². The number of benzene rings is 2. The number of rotatable bonds is 5. The summed E-state index contributed by atoms with van der Waals surface area (Å²) in [4.78, 5) is 12.3. The number of hydrogen-bond donors (Lipinski definition) is 1. The van der Waals surface area contributed by atoms with Crippen molar-refractivity contribution in [3.63, 3.8) is 0 Å². The van der Waals surface area contributed by atoms with Gasteiger partial charge in [0.2, 0.25) is 0 Å². The van der Waals surface area contributed by atoms with Gasteiger partial charge in [-0.2, -0.15) is 8.78 Å². The Balaban J connectivity index is 1.70. The fourth-order valence-corrected chi connectivity index (χ4v) is 2.51. The number of fused-ring (bicyclic) bond motifs is 1. The summed E-state index contributed by atoms with van der Waals surface area (Å²) in [6, 6.07) is 10.8. The summed E-state index contributed by atoms with van der Waals surface area (Å²) in [7, 11) is 0. The van der Waals surface area contributed by atoms with E-state index in [0.29, 0.717) is 24.7 Å². The Hall–Kier alpha value is -2.83. The van der Waals surface area contributed by atoms with Crippen molar-refractivity contribution in [2.24, 2.45) is 0 Å². The van der Waals surface area contributed by atoms with Gasteiger partial charge in [-0.1, -0.05) is 12.1 Å². The maximum atomic E-state index is 12.3. The van der Waals surface area contributed by atoms with Crippen LogP contribution in [0.15, 0.2) is 42.5 Å². The van der Waals surface area contributed by atoms with Crippen molar-refractivity contribution in [3.05, 3.63) is 53.6 Å². The van der Waals surface area contributed by atoms with Crippen LogP contribution in [0.2, 0.25) is 0 Å². The van der Waals surface area contributed by atoms with E-state index in [1.807, 2.05) is 19.1 Å². The topological polar surface area (TPSA) is 56.8 Å². The van der Waals surface area contributed by atoms with Crippen LogP contribution in [0.4, 0.5) is 8.78 Å². The molecule has 1 heterocycles. The number of carbonyl (C=O) groups excluding carboxylic acids is 1. The minimum atomic E-state index is -2.94. The molecule has 1 aliphatic heterocycles. The Kier molecular flexibility index (Phi) is 5.02. The van der Waals surface area contributed by atoms with Crippen molar-refractivity contribution in [2.45, 2.75) is 19.6 Å². The van der Waals surface area contributed by atoms with Crippen LogP contribution in [0, 0.1) is 0 Å². The molecular formula is C18H17F2NO4. The van der Waals surface area contributed by atoms with Gasteiger partial charge in [-0.15, -0.1) is 0 Å². The number of ether oxygens (including phenoxy) is 3. The second-order valence-corrected chi connectivity index (χ2v) is 5.50. The van der Waals surface area contributed by atoms with E-state index in [0.717, 1.165) is 5.56 Å². The molecule has 1 N–H and O–H groups in total. The number of alkyl halides is 2. The monoisotopic (exact) mass is 349 g/mol. The summed E-state index contributed by atoms with van der Waals surface area (Å²) < 4.78 is 39.9. The normalized spacial score (nSPS) is 14.1. The lowest BCUT2D eigenvalue weighted by molar-refractivity contribution is -0.0498. The summed E-state index contributed by atoms with van der Waals surface area (Å²) in [5.41, 5.74) is 1.08. The van der Waals surface area contributed by atoms with Crippen molar-refractivity contribution in [1.29, 1.82) is 0 Å². The fourth-order valence-electron chi connectivity index (χ4n) is 2.51. The summed E-state index contributed by atoms with van der Waals surface area (Å²) in [6.07, 6.45) is 0. The van der Waals surface area contributed by atoms with E-state index in [1.165, 1.54) is 24.3 Å². The van der Waals surface area contributed by atoms with E-state index in [2.05, 4.69) is 10.1 Å². The SMILES string of the molecule is C[C@@H](NC(=O)c1cccc(OC(F)F)c1)c1ccc2c(c1)OCCO2. The Bertz CT molecular complexity index is 766. The fraction of sp³-hybridized carbons (Fsp3) is 0.278. The molecule has 3 rings (SSSR count). The van der Waals surface area contributed by atoms with Crippen LogP contribution < -0.4 is 19.5 Å². The van der Waals surface area contributed by atoms with Crippen molar-refractivity contribution in [2.75, 3.05) is 13.2 Å². The lowest BCUT2D eigenvalue weighted by atomic mass is 10.1. The van der Waals surface area contributed by atoms with Crippen LogP contribution in [-0.4, -0.2) is 25.7 Å². The van der Waals surface area contributed by atoms with Crippen molar-refractivity contribution in [3.8, 4) is 17.2 Å². The zero-order valence-electron chi connectivity index (χ0n) is 13.5. The van der Waals surface area contributed by atoms with Crippen LogP contribution in [0.25, 0.3) is 0 Å². The predicted molar refractivity (Wildman–Crippen MR) is 86.4 cm³/mol. The molecule has 5 nitrogen and oxygen atoms in total. The summed E-state index contributed by atoms with van der Waals surface area (Å²) >= 11 is 0. The van der Waals surface area contributed by atoms with Crippen molar-refractivity contribution < 1.29 is 27.8 Å². The standard InChI is InChI=1S/C18H17F2NO4/c1-11(12-5-6-15-16(10-12)24-8-7-23-15)21-17(22)13-3-2-4-14(9-13)25-18(19)20/h2-6,9-11,18H,7-8H2,1H3,(H,21,22)/t11-/m1/s1. The minimum absolute atomic E-state index is 0.0605. The number of hydrogen-bond acceptors (Lipinski definition) is 4. The van der Waals surface area contributed by atoms with E-state index in [4.69, 9.17) is 9.47 Å². The predicted octanol–water partition coefficient (Wildman–Crippen LogP) is 3.55. The first-order valence-corrected chi connectivity index (χ1v) is 7.78. The van der Waals surface area contributed by atoms with Gasteiger partial charge in [0, 0.05) is 5.56 Å². The van der Waals surface area contributed by atoms with Crippen LogP contribution in [0.5, 0.6) is 17.2 Å². The molecule has 1 atom stereocenters. The Labute approximate surface area is 143 Å². The van der Waals surface area contributed by atoms with Gasteiger partial charge in [-0.3, -0.25) is 4.79 Å². The van der Waals surface area contributed by atoms with Gasteiger partial charge < -0.3 is 19.5 Å². The van der Waals surface area contributed by atoms with E-state index in [-0.39, 0.29) is 23.3 Å². The van der Waals surface area contributed by atoms with Crippen LogP contribution >= 0.6 is 0 Å². The Morgan fingerprint density at radius 1 is 1.12 bits per heavy atom. The molecule has 2 aromatic carbocycles. The summed E-state index contributed by atoms with van der Waals surface area (Å²) in [5, 5.41) is 2.82. The first-order chi connectivity index (χ1) is 12.0. The molecule has 25 heavy (non-hydrogen) atoms. The summed E-state index contributed by atoms with van der Waals surface area (Å²) in [5.74, 6) is 0.860. The molecule has 0 unspecified atom stereocenters. The average molecular weight is 349 g/mol. The molecule has 0 spiro atoms. The van der Waals surface area contributed by atoms with Gasteiger partial charge in [0.25, 0.3) is 5.91 Å². The Morgan fingerprint density at radius 3 is 2.64 bits per heavy atom. The van der Waals surface area contributed by atoms with E-state index >= 15 is 0 Å². The zero-order chi connectivity index (χ0) is 17.8. The average Bonchev–Trinajstić information content (AvgIpc) is 2.61. The summed E-state index contributed by atoms with van der Waals surface area (Å²) in [6.45, 7) is -0.123. The van der Waals surface area contributed by atoms with Crippen LogP contribution in [-0.2, 0) is 0 Å². The maximum Gasteiger partial charge on any atom is 0.387 e. The third-order valence-electron chi connectivity index (χ3n) is 3.74. The molecule has 0 aliphatic carbocycles. The largest absolute Gasteiger partial charge is 0.486 e. The van der Waals surface area contributed by atoms with Gasteiger partial charge in [0.1, 0.15) is 19.0 Å². The smallest absolute Gasteiger partial charge is 0.387 e. The molecule has 1 aliphatic rings. The van der Waals surface area contributed by atoms with E-state index in [9.17, 15) is 13.6 Å². The molecule has 0 aromatic heterocycles. The van der Waals surface area contributed by atoms with Crippen molar-refractivity contribution >= 4 is 5.91 Å². The van der Waals surface area contributed by atoms with Gasteiger partial charge in [0.15, 0.2) is 11.5 Å². The highest BCUT2D eigenvalue weighted by Gasteiger charge is 2.17. The first-order valence-electron chi connectivity index (χ1n) is 7.78. The molecule has 0 fully saturated rings. The number of halogens is 2. The number of amides is 1. The molecule has 132 valence electrons. The van der Waals surface area contributed by atoms with Crippen molar-refractivity contribution in [1.82, 2.24) is 5.32 Å². The van der Waals surface area contributed by atoms with Crippen LogP contribution in [0.3, 0.4) is 0 Å². The van der Waals surface area contributed by atoms with E-state index < -0.39 is 6.61 Å². The second kappa shape index (κ2) is 7.38. The van der Waals surface area contributed by atoms with Gasteiger partial charge >= 0.3 is 6.61 Å². The first kappa shape index (κ1) is 17.0. The third-order valence-corrected chi connectivity index (χ3v) is 3.74. The quantitative estimate of drug-likeness (QED) is 0.897. The molecule has 2 aromatic rings. The minimum Gasteiger partial charge on any atom is -0.486 e. The maximum absolute atomic E-state index is 12.3. The third kappa shape index (κ3) is 4.17. The molecule has 7 heteroatoms. The lowest BCUT2D eigenvalue weighted by Crippen LogP contribution is -2.27. The zero-order valence-corrected chi connectivity index (χ0v) is 13.5. The molecular weight excluding hydrogens is 332 g/mol. The molecule has 0 radical (unpaired) electrons. The Morgan fingerprint density at radius 2 is 1.88 bits per heavy atom. The van der Waals surface area contributed by atoms with Gasteiger partial charge in [0.05, 0.1) is 6.04 Å². The number of carbonyl (C=O) groups is 1. The molecule has 1 amide bonds. The highest BCUT2D eigenvalue weighted by molar-refractivity contribution is 5.94. The molecule has 0 saturated carbocycles. The number of nitrogens with one attached hydrogen (secondary N) is 1. The second-order valence-electron chi connectivity index (χ2n) is 5.50. The van der Waals surface area contributed by atoms with Crippen LogP contribution in [0.1, 0.15) is 28.9 Å². The molecule has 0 saturated heterocycles.